The summed E-state index contributed by atoms with van der Waals surface area (Å²) in [6.45, 7) is 4.00. The number of rotatable bonds is 4. The van der Waals surface area contributed by atoms with Crippen LogP contribution in [-0.4, -0.2) is 22.7 Å². The number of nitrogens with one attached hydrogen (secondary N) is 1. The summed E-state index contributed by atoms with van der Waals surface area (Å²) in [5, 5.41) is 11.6. The van der Waals surface area contributed by atoms with Crippen LogP contribution in [-0.2, 0) is 6.18 Å². The van der Waals surface area contributed by atoms with Crippen LogP contribution in [0.5, 0.6) is 0 Å². The van der Waals surface area contributed by atoms with Gasteiger partial charge in [0.2, 0.25) is 0 Å². The first-order valence-electron chi connectivity index (χ1n) is 4.75. The molecule has 1 rings (SSSR count). The molecule has 92 valence electrons. The molecular weight excluding hydrogens is 241 g/mol. The minimum atomic E-state index is -4.44. The van der Waals surface area contributed by atoms with E-state index in [0.717, 1.165) is 6.20 Å². The minimum Gasteiger partial charge on any atom is -0.386 e. The number of nitrogens with zero attached hydrogens (tertiary/aromatic N) is 1. The lowest BCUT2D eigenvalue weighted by Gasteiger charge is -2.11. The number of hydrogen-bond donors (Lipinski definition) is 2. The van der Waals surface area contributed by atoms with Crippen molar-refractivity contribution >= 4 is 11.3 Å². The Morgan fingerprint density at radius 1 is 1.50 bits per heavy atom. The zero-order valence-electron chi connectivity index (χ0n) is 8.88. The number of hydrogen-bond acceptors (Lipinski definition) is 4. The number of aromatic nitrogens is 1. The summed E-state index contributed by atoms with van der Waals surface area (Å²) in [4.78, 5) is 3.46. The summed E-state index contributed by atoms with van der Waals surface area (Å²) >= 11 is 0.473. The first-order chi connectivity index (χ1) is 7.30. The molecule has 1 atom stereocenters. The molecule has 1 heterocycles. The molecule has 16 heavy (non-hydrogen) atoms. The van der Waals surface area contributed by atoms with Crippen LogP contribution in [0.25, 0.3) is 0 Å². The van der Waals surface area contributed by atoms with Crippen LogP contribution in [0.2, 0.25) is 0 Å². The van der Waals surface area contributed by atoms with Gasteiger partial charge in [0.1, 0.15) is 6.10 Å². The van der Waals surface area contributed by atoms with Gasteiger partial charge in [-0.15, -0.1) is 11.3 Å². The average molecular weight is 254 g/mol. The van der Waals surface area contributed by atoms with E-state index >= 15 is 0 Å². The second kappa shape index (κ2) is 5.11. The third-order valence-electron chi connectivity index (χ3n) is 1.81. The molecule has 0 aromatic carbocycles. The van der Waals surface area contributed by atoms with Crippen molar-refractivity contribution in [2.24, 2.45) is 0 Å². The lowest BCUT2D eigenvalue weighted by atomic mass is 10.3. The van der Waals surface area contributed by atoms with Crippen LogP contribution in [0.15, 0.2) is 6.20 Å². The molecule has 0 saturated heterocycles. The Hall–Kier alpha value is -0.660. The van der Waals surface area contributed by atoms with Gasteiger partial charge in [-0.25, -0.2) is 4.98 Å². The van der Waals surface area contributed by atoms with E-state index in [0.29, 0.717) is 11.3 Å². The minimum absolute atomic E-state index is 0.171. The van der Waals surface area contributed by atoms with E-state index in [1.807, 2.05) is 13.8 Å². The first-order valence-corrected chi connectivity index (χ1v) is 5.56. The molecule has 0 amide bonds. The monoisotopic (exact) mass is 254 g/mol. The molecule has 1 unspecified atom stereocenters. The maximum absolute atomic E-state index is 12.2. The summed E-state index contributed by atoms with van der Waals surface area (Å²) in [5.74, 6) is 0. The Bertz CT molecular complexity index is 338. The van der Waals surface area contributed by atoms with Crippen molar-refractivity contribution < 1.29 is 18.3 Å². The predicted molar refractivity (Wildman–Crippen MR) is 55.2 cm³/mol. The van der Waals surface area contributed by atoms with E-state index in [2.05, 4.69) is 10.3 Å². The van der Waals surface area contributed by atoms with Crippen LogP contribution in [0, 0.1) is 0 Å². The molecule has 1 aromatic rings. The van der Waals surface area contributed by atoms with Gasteiger partial charge in [-0.05, 0) is 0 Å². The Kier molecular flexibility index (Phi) is 4.28. The standard InChI is InChI=1S/C9H13F3N2OS/c1-5(2)13-3-6(15)7-4-14-8(16-7)9(10,11)12/h4-6,13,15H,3H2,1-2H3. The molecule has 0 fully saturated rings. The lowest BCUT2D eigenvalue weighted by Crippen LogP contribution is -2.27. The SMILES string of the molecule is CC(C)NCC(O)c1cnc(C(F)(F)F)s1. The highest BCUT2D eigenvalue weighted by molar-refractivity contribution is 7.11. The molecular formula is C9H13F3N2OS. The fraction of sp³-hybridized carbons (Fsp3) is 0.667. The van der Waals surface area contributed by atoms with E-state index in [-0.39, 0.29) is 17.5 Å². The summed E-state index contributed by atoms with van der Waals surface area (Å²) in [7, 11) is 0. The first kappa shape index (κ1) is 13.4. The maximum atomic E-state index is 12.2. The van der Waals surface area contributed by atoms with E-state index in [1.165, 1.54) is 0 Å². The molecule has 0 aliphatic carbocycles. The number of aliphatic hydroxyl groups is 1. The van der Waals surface area contributed by atoms with E-state index in [4.69, 9.17) is 0 Å². The Balaban J connectivity index is 2.63. The second-order valence-electron chi connectivity index (χ2n) is 3.64. The van der Waals surface area contributed by atoms with Crippen LogP contribution in [0.3, 0.4) is 0 Å². The molecule has 0 radical (unpaired) electrons. The van der Waals surface area contributed by atoms with Crippen molar-refractivity contribution in [2.45, 2.75) is 32.2 Å². The highest BCUT2D eigenvalue weighted by Gasteiger charge is 2.35. The van der Waals surface area contributed by atoms with Crippen molar-refractivity contribution in [3.63, 3.8) is 0 Å². The summed E-state index contributed by atoms with van der Waals surface area (Å²) in [6.07, 6.45) is -4.31. The molecule has 7 heteroatoms. The number of thiazole rings is 1. The average Bonchev–Trinajstić information content (AvgIpc) is 2.61. The summed E-state index contributed by atoms with van der Waals surface area (Å²) in [5.41, 5.74) is 0. The summed E-state index contributed by atoms with van der Waals surface area (Å²) < 4.78 is 36.7. The fourth-order valence-electron chi connectivity index (χ4n) is 1.02. The van der Waals surface area contributed by atoms with Crippen LogP contribution >= 0.6 is 11.3 Å². The van der Waals surface area contributed by atoms with E-state index in [9.17, 15) is 18.3 Å². The van der Waals surface area contributed by atoms with Crippen molar-refractivity contribution in [3.05, 3.63) is 16.1 Å². The smallest absolute Gasteiger partial charge is 0.386 e. The molecule has 0 aliphatic rings. The number of aliphatic hydroxyl groups excluding tert-OH is 1. The number of alkyl halides is 3. The third-order valence-corrected chi connectivity index (χ3v) is 2.96. The van der Waals surface area contributed by atoms with Crippen molar-refractivity contribution in [3.8, 4) is 0 Å². The van der Waals surface area contributed by atoms with Crippen molar-refractivity contribution in [2.75, 3.05) is 6.54 Å². The fourth-order valence-corrected chi connectivity index (χ4v) is 1.79. The van der Waals surface area contributed by atoms with Gasteiger partial charge in [-0.2, -0.15) is 13.2 Å². The predicted octanol–water partition coefficient (Wildman–Crippen LogP) is 2.19. The van der Waals surface area contributed by atoms with E-state index < -0.39 is 17.3 Å². The van der Waals surface area contributed by atoms with Gasteiger partial charge in [0, 0.05) is 18.8 Å². The Morgan fingerprint density at radius 2 is 2.12 bits per heavy atom. The molecule has 0 aliphatic heterocycles. The van der Waals surface area contributed by atoms with Gasteiger partial charge >= 0.3 is 6.18 Å². The van der Waals surface area contributed by atoms with Gasteiger partial charge in [0.25, 0.3) is 0 Å². The number of halogens is 3. The van der Waals surface area contributed by atoms with Gasteiger partial charge in [0.15, 0.2) is 5.01 Å². The molecule has 1 aromatic heterocycles. The quantitative estimate of drug-likeness (QED) is 0.865. The maximum Gasteiger partial charge on any atom is 0.443 e. The van der Waals surface area contributed by atoms with Crippen molar-refractivity contribution in [1.82, 2.24) is 10.3 Å². The van der Waals surface area contributed by atoms with Gasteiger partial charge in [-0.1, -0.05) is 13.8 Å². The van der Waals surface area contributed by atoms with Crippen LogP contribution < -0.4 is 5.32 Å². The third kappa shape index (κ3) is 3.73. The highest BCUT2D eigenvalue weighted by atomic mass is 32.1. The van der Waals surface area contributed by atoms with Gasteiger partial charge in [-0.3, -0.25) is 0 Å². The normalized spacial score (nSPS) is 14.4. The molecule has 0 bridgehead atoms. The second-order valence-corrected chi connectivity index (χ2v) is 4.71. The molecule has 0 spiro atoms. The zero-order chi connectivity index (χ0) is 12.3. The van der Waals surface area contributed by atoms with Crippen molar-refractivity contribution in [1.29, 1.82) is 0 Å². The van der Waals surface area contributed by atoms with Crippen LogP contribution in [0.4, 0.5) is 13.2 Å². The Labute approximate surface area is 95.3 Å². The molecule has 2 N–H and O–H groups in total. The summed E-state index contributed by atoms with van der Waals surface area (Å²) in [6, 6.07) is 0.171. The topological polar surface area (TPSA) is 45.1 Å². The Morgan fingerprint density at radius 3 is 2.56 bits per heavy atom. The van der Waals surface area contributed by atoms with Crippen LogP contribution in [0.1, 0.15) is 29.8 Å². The van der Waals surface area contributed by atoms with Gasteiger partial charge < -0.3 is 10.4 Å². The lowest BCUT2D eigenvalue weighted by molar-refractivity contribution is -0.137. The molecule has 3 nitrogen and oxygen atoms in total. The van der Waals surface area contributed by atoms with E-state index in [1.54, 1.807) is 0 Å². The molecule has 0 saturated carbocycles. The largest absolute Gasteiger partial charge is 0.443 e. The highest BCUT2D eigenvalue weighted by Crippen LogP contribution is 2.34. The zero-order valence-corrected chi connectivity index (χ0v) is 9.69. The van der Waals surface area contributed by atoms with Gasteiger partial charge in [0.05, 0.1) is 4.88 Å².